The van der Waals surface area contributed by atoms with Crippen LogP contribution in [-0.4, -0.2) is 11.6 Å². The molecule has 0 saturated heterocycles. The van der Waals surface area contributed by atoms with E-state index < -0.39 is 5.51 Å². The molecule has 1 aromatic carbocycles. The van der Waals surface area contributed by atoms with Crippen LogP contribution < -0.4 is 5.32 Å². The van der Waals surface area contributed by atoms with Gasteiger partial charge in [0.2, 0.25) is 0 Å². The van der Waals surface area contributed by atoms with Gasteiger partial charge in [-0.05, 0) is 55.1 Å². The van der Waals surface area contributed by atoms with Crippen LogP contribution in [0.2, 0.25) is 0 Å². The largest absolute Gasteiger partial charge is 0.446 e. The van der Waals surface area contributed by atoms with Crippen molar-refractivity contribution in [3.8, 4) is 0 Å². The smallest absolute Gasteiger partial charge is 0.310 e. The van der Waals surface area contributed by atoms with Crippen molar-refractivity contribution in [3.63, 3.8) is 0 Å². The van der Waals surface area contributed by atoms with Crippen molar-refractivity contribution in [3.05, 3.63) is 29.8 Å². The third-order valence-electron chi connectivity index (χ3n) is 3.89. The molecule has 1 aliphatic carbocycles. The summed E-state index contributed by atoms with van der Waals surface area (Å²) >= 11 is -0.0662. The van der Waals surface area contributed by atoms with Gasteiger partial charge in [0.25, 0.3) is 0 Å². The summed E-state index contributed by atoms with van der Waals surface area (Å²) in [5.74, 6) is 0.745. The van der Waals surface area contributed by atoms with Crippen molar-refractivity contribution in [1.82, 2.24) is 5.32 Å². The van der Waals surface area contributed by atoms with Crippen molar-refractivity contribution >= 4 is 11.8 Å². The minimum Gasteiger partial charge on any atom is -0.310 e. The van der Waals surface area contributed by atoms with Gasteiger partial charge in [0, 0.05) is 17.5 Å². The van der Waals surface area contributed by atoms with Gasteiger partial charge in [-0.3, -0.25) is 0 Å². The van der Waals surface area contributed by atoms with E-state index in [1.165, 1.54) is 37.8 Å². The molecule has 0 aliphatic heterocycles. The highest BCUT2D eigenvalue weighted by atomic mass is 32.2. The number of nitrogens with one attached hydrogen (secondary N) is 1. The molecule has 1 nitrogen and oxygen atoms in total. The Bertz CT molecular complexity index is 410. The Morgan fingerprint density at radius 1 is 1.20 bits per heavy atom. The number of thioether (sulfide) groups is 1. The van der Waals surface area contributed by atoms with E-state index in [2.05, 4.69) is 12.2 Å². The molecule has 0 unspecified atom stereocenters. The van der Waals surface area contributed by atoms with Crippen LogP contribution in [0.25, 0.3) is 0 Å². The van der Waals surface area contributed by atoms with Crippen LogP contribution in [0.3, 0.4) is 0 Å². The Morgan fingerprint density at radius 2 is 1.80 bits per heavy atom. The zero-order valence-electron chi connectivity index (χ0n) is 11.5. The van der Waals surface area contributed by atoms with Crippen molar-refractivity contribution < 1.29 is 13.2 Å². The minimum absolute atomic E-state index is 0.0662. The number of alkyl halides is 3. The molecule has 0 radical (unpaired) electrons. The Hall–Kier alpha value is -0.680. The number of benzene rings is 1. The number of hydrogen-bond acceptors (Lipinski definition) is 2. The molecule has 0 heterocycles. The molecule has 0 amide bonds. The molecule has 0 spiro atoms. The summed E-state index contributed by atoms with van der Waals surface area (Å²) in [5, 5.41) is 3.48. The van der Waals surface area contributed by atoms with Gasteiger partial charge in [0.1, 0.15) is 0 Å². The van der Waals surface area contributed by atoms with Gasteiger partial charge in [-0.25, -0.2) is 0 Å². The molecule has 20 heavy (non-hydrogen) atoms. The van der Waals surface area contributed by atoms with Crippen LogP contribution in [0.5, 0.6) is 0 Å². The van der Waals surface area contributed by atoms with Crippen LogP contribution in [0.15, 0.2) is 29.2 Å². The second kappa shape index (κ2) is 6.85. The fraction of sp³-hybridized carbons (Fsp3) is 0.600. The predicted molar refractivity (Wildman–Crippen MR) is 76.6 cm³/mol. The Morgan fingerprint density at radius 3 is 2.35 bits per heavy atom. The maximum Gasteiger partial charge on any atom is 0.446 e. The molecular formula is C15H20F3NS. The summed E-state index contributed by atoms with van der Waals surface area (Å²) in [6, 6.07) is 7.08. The van der Waals surface area contributed by atoms with Gasteiger partial charge < -0.3 is 5.32 Å². The monoisotopic (exact) mass is 303 g/mol. The first-order valence-corrected chi connectivity index (χ1v) is 7.84. The predicted octanol–water partition coefficient (Wildman–Crippen LogP) is 4.97. The lowest BCUT2D eigenvalue weighted by Crippen LogP contribution is -2.31. The fourth-order valence-electron chi connectivity index (χ4n) is 2.71. The van der Waals surface area contributed by atoms with Crippen molar-refractivity contribution in [2.45, 2.75) is 55.6 Å². The normalized spacial score (nSPS) is 18.4. The lowest BCUT2D eigenvalue weighted by Gasteiger charge is -2.20. The topological polar surface area (TPSA) is 12.0 Å². The van der Waals surface area contributed by atoms with Gasteiger partial charge in [0.15, 0.2) is 0 Å². The Labute approximate surface area is 122 Å². The zero-order chi connectivity index (χ0) is 14.6. The summed E-state index contributed by atoms with van der Waals surface area (Å²) in [6.07, 6.45) is 5.21. The highest BCUT2D eigenvalue weighted by molar-refractivity contribution is 8.00. The molecule has 1 atom stereocenters. The van der Waals surface area contributed by atoms with Crippen LogP contribution in [-0.2, 0) is 6.54 Å². The Balaban J connectivity index is 1.81. The molecule has 0 aromatic heterocycles. The SMILES string of the molecule is C[C@@H](NCc1ccc(SC(F)(F)F)cc1)C1CCCC1. The maximum absolute atomic E-state index is 12.2. The third-order valence-corrected chi connectivity index (χ3v) is 4.63. The highest BCUT2D eigenvalue weighted by Gasteiger charge is 2.29. The maximum atomic E-state index is 12.2. The van der Waals surface area contributed by atoms with Gasteiger partial charge in [-0.2, -0.15) is 13.2 Å². The van der Waals surface area contributed by atoms with E-state index in [0.717, 1.165) is 11.5 Å². The Kier molecular flexibility index (Phi) is 5.38. The first-order chi connectivity index (χ1) is 9.44. The summed E-state index contributed by atoms with van der Waals surface area (Å²) in [6.45, 7) is 2.92. The van der Waals surface area contributed by atoms with Crippen LogP contribution in [0.1, 0.15) is 38.2 Å². The zero-order valence-corrected chi connectivity index (χ0v) is 12.4. The lowest BCUT2D eigenvalue weighted by atomic mass is 9.99. The molecule has 112 valence electrons. The second-order valence-corrected chi connectivity index (χ2v) is 6.54. The van der Waals surface area contributed by atoms with Gasteiger partial charge in [0.05, 0.1) is 0 Å². The van der Waals surface area contributed by atoms with E-state index in [-0.39, 0.29) is 16.7 Å². The fourth-order valence-corrected chi connectivity index (χ4v) is 3.25. The van der Waals surface area contributed by atoms with Crippen LogP contribution in [0.4, 0.5) is 13.2 Å². The summed E-state index contributed by atoms with van der Waals surface area (Å²) in [7, 11) is 0. The number of halogens is 3. The van der Waals surface area contributed by atoms with Crippen molar-refractivity contribution in [2.24, 2.45) is 5.92 Å². The van der Waals surface area contributed by atoms with Gasteiger partial charge in [-0.15, -0.1) is 0 Å². The van der Waals surface area contributed by atoms with Crippen LogP contribution >= 0.6 is 11.8 Å². The van der Waals surface area contributed by atoms with Crippen LogP contribution in [0, 0.1) is 5.92 Å². The number of hydrogen-bond donors (Lipinski definition) is 1. The summed E-state index contributed by atoms with van der Waals surface area (Å²) < 4.78 is 36.7. The highest BCUT2D eigenvalue weighted by Crippen LogP contribution is 2.36. The van der Waals surface area contributed by atoms with E-state index in [1.54, 1.807) is 12.1 Å². The van der Waals surface area contributed by atoms with Gasteiger partial charge in [-0.1, -0.05) is 25.0 Å². The number of rotatable bonds is 5. The summed E-state index contributed by atoms with van der Waals surface area (Å²) in [5.41, 5.74) is -3.18. The molecule has 5 heteroatoms. The first kappa shape index (κ1) is 15.7. The van der Waals surface area contributed by atoms with Crippen molar-refractivity contribution in [1.29, 1.82) is 0 Å². The molecule has 1 aromatic rings. The second-order valence-electron chi connectivity index (χ2n) is 5.41. The average molecular weight is 303 g/mol. The van der Waals surface area contributed by atoms with E-state index in [9.17, 15) is 13.2 Å². The van der Waals surface area contributed by atoms with E-state index in [0.29, 0.717) is 12.6 Å². The lowest BCUT2D eigenvalue weighted by molar-refractivity contribution is -0.0328. The molecule has 1 saturated carbocycles. The first-order valence-electron chi connectivity index (χ1n) is 7.02. The molecule has 1 N–H and O–H groups in total. The van der Waals surface area contributed by atoms with E-state index >= 15 is 0 Å². The van der Waals surface area contributed by atoms with E-state index in [4.69, 9.17) is 0 Å². The molecule has 1 fully saturated rings. The standard InChI is InChI=1S/C15H20F3NS/c1-11(13-4-2-3-5-13)19-10-12-6-8-14(9-7-12)20-15(16,17)18/h6-9,11,13,19H,2-5,10H2,1H3/t11-/m1/s1. The van der Waals surface area contributed by atoms with Gasteiger partial charge >= 0.3 is 5.51 Å². The quantitative estimate of drug-likeness (QED) is 0.771. The third kappa shape index (κ3) is 5.02. The van der Waals surface area contributed by atoms with E-state index in [1.807, 2.05) is 0 Å². The molecule has 2 rings (SSSR count). The summed E-state index contributed by atoms with van der Waals surface area (Å²) in [4.78, 5) is 0.241. The minimum atomic E-state index is -4.21. The average Bonchev–Trinajstić information content (AvgIpc) is 2.89. The molecule has 0 bridgehead atoms. The van der Waals surface area contributed by atoms with Crippen molar-refractivity contribution in [2.75, 3.05) is 0 Å². The molecule has 1 aliphatic rings. The molecular weight excluding hydrogens is 283 g/mol.